The number of hydrogen-bond donors (Lipinski definition) is 2. The van der Waals surface area contributed by atoms with E-state index in [2.05, 4.69) is 5.32 Å². The number of carbonyl (C=O) groups is 2. The van der Waals surface area contributed by atoms with Gasteiger partial charge in [-0.05, 0) is 44.7 Å². The summed E-state index contributed by atoms with van der Waals surface area (Å²) in [5.41, 5.74) is 3.18. The standard InChI is InChI=1S/C17H24N2O3/c1-11-5-4-6-12(2)16(11)18-9-15(20)19-10-14(17(21)22)8-7-13(19)3/h4-6,13-14,18H,7-10H2,1-3H3,(H,21,22). The number of nitrogens with zero attached hydrogens (tertiary/aromatic N) is 1. The fourth-order valence-corrected chi connectivity index (χ4v) is 3.01. The number of likely N-dealkylation sites (tertiary alicyclic amines) is 1. The summed E-state index contributed by atoms with van der Waals surface area (Å²) in [5.74, 6) is -1.30. The maximum atomic E-state index is 12.4. The minimum Gasteiger partial charge on any atom is -0.481 e. The van der Waals surface area contributed by atoms with Crippen LogP contribution in [-0.2, 0) is 9.59 Å². The normalized spacial score (nSPS) is 21.5. The number of rotatable bonds is 4. The predicted molar refractivity (Wildman–Crippen MR) is 85.9 cm³/mol. The quantitative estimate of drug-likeness (QED) is 0.896. The van der Waals surface area contributed by atoms with Gasteiger partial charge in [-0.3, -0.25) is 9.59 Å². The Kier molecular flexibility index (Phi) is 5.06. The number of aryl methyl sites for hydroxylation is 2. The molecule has 5 nitrogen and oxygen atoms in total. The highest BCUT2D eigenvalue weighted by molar-refractivity contribution is 5.82. The van der Waals surface area contributed by atoms with Gasteiger partial charge in [0, 0.05) is 18.3 Å². The summed E-state index contributed by atoms with van der Waals surface area (Å²) < 4.78 is 0. The molecule has 1 aromatic carbocycles. The molecule has 2 rings (SSSR count). The molecule has 1 aliphatic heterocycles. The average Bonchev–Trinajstić information content (AvgIpc) is 2.46. The number of carboxylic acid groups (broad SMARTS) is 1. The van der Waals surface area contributed by atoms with E-state index in [4.69, 9.17) is 5.11 Å². The van der Waals surface area contributed by atoms with Gasteiger partial charge >= 0.3 is 5.97 Å². The minimum absolute atomic E-state index is 0.0406. The zero-order valence-corrected chi connectivity index (χ0v) is 13.4. The molecular weight excluding hydrogens is 280 g/mol. The molecule has 0 aliphatic carbocycles. The van der Waals surface area contributed by atoms with Crippen LogP contribution >= 0.6 is 0 Å². The molecule has 0 bridgehead atoms. The molecule has 120 valence electrons. The maximum absolute atomic E-state index is 12.4. The summed E-state index contributed by atoms with van der Waals surface area (Å²) in [4.78, 5) is 25.3. The lowest BCUT2D eigenvalue weighted by molar-refractivity contribution is -0.146. The van der Waals surface area contributed by atoms with Crippen molar-refractivity contribution in [2.24, 2.45) is 5.92 Å². The van der Waals surface area contributed by atoms with Crippen molar-refractivity contribution in [2.75, 3.05) is 18.4 Å². The third kappa shape index (κ3) is 3.59. The maximum Gasteiger partial charge on any atom is 0.308 e. The SMILES string of the molecule is Cc1cccc(C)c1NCC(=O)N1CC(C(=O)O)CCC1C. The van der Waals surface area contributed by atoms with Crippen LogP contribution in [0.15, 0.2) is 18.2 Å². The molecule has 22 heavy (non-hydrogen) atoms. The molecular formula is C17H24N2O3. The van der Waals surface area contributed by atoms with Crippen molar-refractivity contribution in [1.29, 1.82) is 0 Å². The van der Waals surface area contributed by atoms with E-state index in [1.54, 1.807) is 4.90 Å². The van der Waals surface area contributed by atoms with Crippen LogP contribution in [0.25, 0.3) is 0 Å². The van der Waals surface area contributed by atoms with E-state index >= 15 is 0 Å². The van der Waals surface area contributed by atoms with Gasteiger partial charge in [0.15, 0.2) is 0 Å². The number of carbonyl (C=O) groups excluding carboxylic acids is 1. The van der Waals surface area contributed by atoms with Crippen molar-refractivity contribution in [3.05, 3.63) is 29.3 Å². The monoisotopic (exact) mass is 304 g/mol. The molecule has 5 heteroatoms. The number of benzene rings is 1. The van der Waals surface area contributed by atoms with Gasteiger partial charge in [-0.2, -0.15) is 0 Å². The van der Waals surface area contributed by atoms with Crippen molar-refractivity contribution in [1.82, 2.24) is 4.90 Å². The fraction of sp³-hybridized carbons (Fsp3) is 0.529. The van der Waals surface area contributed by atoms with Gasteiger partial charge in [-0.25, -0.2) is 0 Å². The molecule has 0 saturated carbocycles. The third-order valence-electron chi connectivity index (χ3n) is 4.45. The van der Waals surface area contributed by atoms with Gasteiger partial charge in [-0.15, -0.1) is 0 Å². The van der Waals surface area contributed by atoms with Crippen molar-refractivity contribution >= 4 is 17.6 Å². The van der Waals surface area contributed by atoms with Crippen LogP contribution in [0.5, 0.6) is 0 Å². The lowest BCUT2D eigenvalue weighted by Gasteiger charge is -2.36. The number of amides is 1. The van der Waals surface area contributed by atoms with Gasteiger partial charge in [-0.1, -0.05) is 18.2 Å². The van der Waals surface area contributed by atoms with Crippen LogP contribution in [0.3, 0.4) is 0 Å². The number of anilines is 1. The Balaban J connectivity index is 2.00. The predicted octanol–water partition coefficient (Wildman–Crippen LogP) is 2.43. The van der Waals surface area contributed by atoms with Crippen LogP contribution in [0.4, 0.5) is 5.69 Å². The molecule has 1 amide bonds. The Morgan fingerprint density at radius 1 is 1.27 bits per heavy atom. The van der Waals surface area contributed by atoms with Crippen molar-refractivity contribution in [3.63, 3.8) is 0 Å². The number of piperidine rings is 1. The van der Waals surface area contributed by atoms with Crippen LogP contribution in [0, 0.1) is 19.8 Å². The van der Waals surface area contributed by atoms with E-state index in [0.717, 1.165) is 23.2 Å². The summed E-state index contributed by atoms with van der Waals surface area (Å²) in [6.07, 6.45) is 1.39. The Labute approximate surface area is 131 Å². The summed E-state index contributed by atoms with van der Waals surface area (Å²) in [6.45, 7) is 6.49. The first kappa shape index (κ1) is 16.3. The van der Waals surface area contributed by atoms with Crippen LogP contribution < -0.4 is 5.32 Å². The number of carboxylic acids is 1. The van der Waals surface area contributed by atoms with E-state index in [1.807, 2.05) is 39.0 Å². The number of para-hydroxylation sites is 1. The second-order valence-corrected chi connectivity index (χ2v) is 6.13. The van der Waals surface area contributed by atoms with E-state index in [9.17, 15) is 9.59 Å². The van der Waals surface area contributed by atoms with Gasteiger partial charge in [0.05, 0.1) is 12.5 Å². The van der Waals surface area contributed by atoms with Crippen molar-refractivity contribution < 1.29 is 14.7 Å². The number of nitrogens with one attached hydrogen (secondary N) is 1. The number of hydrogen-bond acceptors (Lipinski definition) is 3. The summed E-state index contributed by atoms with van der Waals surface area (Å²) >= 11 is 0. The average molecular weight is 304 g/mol. The first-order valence-corrected chi connectivity index (χ1v) is 7.72. The molecule has 1 fully saturated rings. The van der Waals surface area contributed by atoms with E-state index < -0.39 is 11.9 Å². The van der Waals surface area contributed by atoms with E-state index in [-0.39, 0.29) is 18.5 Å². The zero-order chi connectivity index (χ0) is 16.3. The van der Waals surface area contributed by atoms with E-state index in [0.29, 0.717) is 13.0 Å². The minimum atomic E-state index is -0.813. The van der Waals surface area contributed by atoms with Gasteiger partial charge in [0.2, 0.25) is 5.91 Å². The zero-order valence-electron chi connectivity index (χ0n) is 13.4. The smallest absolute Gasteiger partial charge is 0.308 e. The lowest BCUT2D eigenvalue weighted by Crippen LogP contribution is -2.49. The first-order valence-electron chi connectivity index (χ1n) is 7.72. The molecule has 0 radical (unpaired) electrons. The topological polar surface area (TPSA) is 69.6 Å². The number of aliphatic carboxylic acids is 1. The van der Waals surface area contributed by atoms with Crippen LogP contribution in [-0.4, -0.2) is 41.0 Å². The second kappa shape index (κ2) is 6.81. The second-order valence-electron chi connectivity index (χ2n) is 6.13. The molecule has 0 aromatic heterocycles. The van der Waals surface area contributed by atoms with Crippen molar-refractivity contribution in [3.8, 4) is 0 Å². The molecule has 2 atom stereocenters. The summed E-state index contributed by atoms with van der Waals surface area (Å²) in [6, 6.07) is 6.10. The molecule has 1 aromatic rings. The fourth-order valence-electron chi connectivity index (χ4n) is 3.01. The van der Waals surface area contributed by atoms with Gasteiger partial charge < -0.3 is 15.3 Å². The highest BCUT2D eigenvalue weighted by atomic mass is 16.4. The Hall–Kier alpha value is -2.04. The molecule has 2 N–H and O–H groups in total. The van der Waals surface area contributed by atoms with E-state index in [1.165, 1.54) is 0 Å². The molecule has 1 saturated heterocycles. The third-order valence-corrected chi connectivity index (χ3v) is 4.45. The van der Waals surface area contributed by atoms with Crippen LogP contribution in [0.1, 0.15) is 30.9 Å². The van der Waals surface area contributed by atoms with Gasteiger partial charge in [0.1, 0.15) is 0 Å². The van der Waals surface area contributed by atoms with Gasteiger partial charge in [0.25, 0.3) is 0 Å². The Bertz CT molecular complexity index is 551. The van der Waals surface area contributed by atoms with Crippen molar-refractivity contribution in [2.45, 2.75) is 39.7 Å². The first-order chi connectivity index (χ1) is 10.4. The highest BCUT2D eigenvalue weighted by Crippen LogP contribution is 2.23. The summed E-state index contributed by atoms with van der Waals surface area (Å²) in [5, 5.41) is 12.4. The Morgan fingerprint density at radius 2 is 1.91 bits per heavy atom. The largest absolute Gasteiger partial charge is 0.481 e. The Morgan fingerprint density at radius 3 is 2.50 bits per heavy atom. The molecule has 1 aliphatic rings. The molecule has 2 unspecified atom stereocenters. The summed E-state index contributed by atoms with van der Waals surface area (Å²) in [7, 11) is 0. The molecule has 0 spiro atoms. The lowest BCUT2D eigenvalue weighted by atomic mass is 9.93. The van der Waals surface area contributed by atoms with Crippen LogP contribution in [0.2, 0.25) is 0 Å². The molecule has 1 heterocycles. The highest BCUT2D eigenvalue weighted by Gasteiger charge is 2.32.